The molecule has 0 radical (unpaired) electrons. The van der Waals surface area contributed by atoms with E-state index in [-0.39, 0.29) is 17.8 Å². The summed E-state index contributed by atoms with van der Waals surface area (Å²) in [6.07, 6.45) is -0.446. The topological polar surface area (TPSA) is 27.7 Å². The zero-order valence-electron chi connectivity index (χ0n) is 11.9. The number of ether oxygens (including phenoxy) is 2. The molecule has 0 amide bonds. The average molecular weight is 290 g/mol. The minimum absolute atomic E-state index is 0.183. The van der Waals surface area contributed by atoms with Crippen LogP contribution in [0.3, 0.4) is 0 Å². The Hall–Kier alpha value is -0.823. The van der Waals surface area contributed by atoms with Crippen molar-refractivity contribution in [2.24, 2.45) is 0 Å². The molecule has 0 aliphatic carbocycles. The zero-order chi connectivity index (χ0) is 14.6. The first-order valence-electron chi connectivity index (χ1n) is 6.16. The smallest absolute Gasteiger partial charge is 0.302 e. The van der Waals surface area contributed by atoms with Crippen molar-refractivity contribution in [3.63, 3.8) is 0 Å². The van der Waals surface area contributed by atoms with Crippen molar-refractivity contribution >= 4 is 10.5 Å². The van der Waals surface area contributed by atoms with E-state index in [1.54, 1.807) is 27.7 Å². The molecule has 6 heteroatoms. The van der Waals surface area contributed by atoms with Gasteiger partial charge in [0.05, 0.1) is 12.2 Å². The minimum atomic E-state index is -1.56. The van der Waals surface area contributed by atoms with Crippen LogP contribution in [-0.2, 0) is 19.9 Å². The Bertz CT molecular complexity index is 394. The summed E-state index contributed by atoms with van der Waals surface area (Å²) >= 11 is 0. The van der Waals surface area contributed by atoms with Crippen LogP contribution in [0, 0.1) is 11.6 Å². The fraction of sp³-hybridized carbons (Fsp3) is 0.538. The maximum atomic E-state index is 13.4. The fourth-order valence-electron chi connectivity index (χ4n) is 1.73. The largest absolute Gasteiger partial charge is 0.376 e. The number of hydrogen-bond donors (Lipinski definition) is 0. The fourth-order valence-corrected chi connectivity index (χ4v) is 2.16. The van der Waals surface area contributed by atoms with Gasteiger partial charge in [-0.05, 0) is 39.8 Å². The van der Waals surface area contributed by atoms with Gasteiger partial charge in [0.2, 0.25) is 0 Å². The molecule has 1 aromatic rings. The van der Waals surface area contributed by atoms with Crippen LogP contribution in [0.1, 0.15) is 33.3 Å². The summed E-state index contributed by atoms with van der Waals surface area (Å²) in [5.41, 5.74) is 0.183. The van der Waals surface area contributed by atoms with E-state index in [4.69, 9.17) is 13.9 Å². The molecule has 0 saturated heterocycles. The third-order valence-electron chi connectivity index (χ3n) is 2.27. The molecular formula is C13H20F2O3Si. The molecule has 0 bridgehead atoms. The Balaban J connectivity index is 3.26. The highest BCUT2D eigenvalue weighted by atomic mass is 28.2. The van der Waals surface area contributed by atoms with Gasteiger partial charge in [-0.15, -0.1) is 0 Å². The predicted octanol–water partition coefficient (Wildman–Crippen LogP) is 2.22. The van der Waals surface area contributed by atoms with Crippen molar-refractivity contribution in [1.82, 2.24) is 0 Å². The molecule has 0 heterocycles. The Morgan fingerprint density at radius 1 is 0.947 bits per heavy atom. The lowest BCUT2D eigenvalue weighted by atomic mass is 10.1. The van der Waals surface area contributed by atoms with Gasteiger partial charge in [0.25, 0.3) is 0 Å². The standard InChI is InChI=1S/C13H20F2O3Si/c1-8(2)16-13(18-19,17-9(3)4)10-5-11(14)7-12(15)6-10/h5-9H,1-4,19H3. The molecule has 1 rings (SSSR count). The van der Waals surface area contributed by atoms with E-state index in [9.17, 15) is 8.78 Å². The summed E-state index contributed by atoms with van der Waals surface area (Å²) in [7, 11) is 0.293. The Labute approximate surface area is 115 Å². The number of rotatable bonds is 6. The van der Waals surface area contributed by atoms with E-state index < -0.39 is 17.6 Å². The molecule has 19 heavy (non-hydrogen) atoms. The Kier molecular flexibility index (Phi) is 5.60. The number of benzene rings is 1. The minimum Gasteiger partial charge on any atom is -0.376 e. The lowest BCUT2D eigenvalue weighted by Gasteiger charge is -2.36. The van der Waals surface area contributed by atoms with E-state index >= 15 is 0 Å². The van der Waals surface area contributed by atoms with Crippen LogP contribution in [0.25, 0.3) is 0 Å². The van der Waals surface area contributed by atoms with Crippen LogP contribution in [0.5, 0.6) is 0 Å². The summed E-state index contributed by atoms with van der Waals surface area (Å²) in [4.78, 5) is 0. The van der Waals surface area contributed by atoms with Crippen LogP contribution in [0.2, 0.25) is 0 Å². The van der Waals surface area contributed by atoms with E-state index in [1.165, 1.54) is 0 Å². The molecule has 108 valence electrons. The van der Waals surface area contributed by atoms with Gasteiger partial charge in [0, 0.05) is 11.6 Å². The Morgan fingerprint density at radius 3 is 1.68 bits per heavy atom. The molecule has 0 atom stereocenters. The number of halogens is 2. The van der Waals surface area contributed by atoms with Crippen molar-refractivity contribution in [3.05, 3.63) is 35.4 Å². The summed E-state index contributed by atoms with van der Waals surface area (Å²) in [5, 5.41) is 0. The summed E-state index contributed by atoms with van der Waals surface area (Å²) in [6.45, 7) is 7.20. The monoisotopic (exact) mass is 290 g/mol. The molecular weight excluding hydrogens is 270 g/mol. The Morgan fingerprint density at radius 2 is 1.37 bits per heavy atom. The quantitative estimate of drug-likeness (QED) is 0.594. The first-order valence-corrected chi connectivity index (χ1v) is 6.98. The van der Waals surface area contributed by atoms with Gasteiger partial charge in [0.15, 0.2) is 10.5 Å². The van der Waals surface area contributed by atoms with E-state index in [1.807, 2.05) is 0 Å². The highest BCUT2D eigenvalue weighted by molar-refractivity contribution is 5.98. The average Bonchev–Trinajstić information content (AvgIpc) is 2.25. The molecule has 0 unspecified atom stereocenters. The van der Waals surface area contributed by atoms with Gasteiger partial charge in [-0.3, -0.25) is 0 Å². The molecule has 0 aliphatic heterocycles. The first kappa shape index (κ1) is 16.2. The molecule has 0 aliphatic rings. The third kappa shape index (κ3) is 4.34. The lowest BCUT2D eigenvalue weighted by molar-refractivity contribution is -0.378. The second kappa shape index (κ2) is 6.56. The van der Waals surface area contributed by atoms with Gasteiger partial charge in [-0.1, -0.05) is 0 Å². The van der Waals surface area contributed by atoms with Crippen LogP contribution < -0.4 is 0 Å². The van der Waals surface area contributed by atoms with Crippen LogP contribution in [0.15, 0.2) is 18.2 Å². The highest BCUT2D eigenvalue weighted by Gasteiger charge is 2.37. The van der Waals surface area contributed by atoms with Crippen molar-refractivity contribution in [1.29, 1.82) is 0 Å². The van der Waals surface area contributed by atoms with Crippen molar-refractivity contribution in [2.75, 3.05) is 0 Å². The van der Waals surface area contributed by atoms with E-state index in [0.29, 0.717) is 10.5 Å². The second-order valence-corrected chi connectivity index (χ2v) is 5.16. The molecule has 0 saturated carbocycles. The van der Waals surface area contributed by atoms with E-state index in [0.717, 1.165) is 18.2 Å². The first-order chi connectivity index (χ1) is 8.79. The summed E-state index contributed by atoms with van der Waals surface area (Å²) < 4.78 is 43.5. The lowest BCUT2D eigenvalue weighted by Crippen LogP contribution is -2.40. The van der Waals surface area contributed by atoms with Gasteiger partial charge < -0.3 is 13.9 Å². The zero-order valence-corrected chi connectivity index (χ0v) is 13.9. The summed E-state index contributed by atoms with van der Waals surface area (Å²) in [5.74, 6) is -2.95. The molecule has 0 aromatic heterocycles. The van der Waals surface area contributed by atoms with Crippen molar-refractivity contribution in [2.45, 2.75) is 45.9 Å². The van der Waals surface area contributed by atoms with Crippen molar-refractivity contribution < 1.29 is 22.7 Å². The second-order valence-electron chi connectivity index (χ2n) is 4.75. The van der Waals surface area contributed by atoms with Crippen LogP contribution in [-0.4, -0.2) is 22.7 Å². The maximum absolute atomic E-state index is 13.4. The number of hydrogen-bond acceptors (Lipinski definition) is 3. The SMILES string of the molecule is CC(C)OC(O[SiH3])(OC(C)C)c1cc(F)cc(F)c1. The molecule has 0 N–H and O–H groups in total. The predicted molar refractivity (Wildman–Crippen MR) is 71.5 cm³/mol. The van der Waals surface area contributed by atoms with Gasteiger partial charge in [0.1, 0.15) is 11.6 Å². The third-order valence-corrected chi connectivity index (χ3v) is 2.80. The van der Waals surface area contributed by atoms with Gasteiger partial charge in [-0.2, -0.15) is 0 Å². The molecule has 1 aromatic carbocycles. The molecule has 0 fully saturated rings. The van der Waals surface area contributed by atoms with Gasteiger partial charge >= 0.3 is 5.97 Å². The maximum Gasteiger partial charge on any atom is 0.302 e. The molecule has 0 spiro atoms. The van der Waals surface area contributed by atoms with Crippen molar-refractivity contribution in [3.8, 4) is 0 Å². The van der Waals surface area contributed by atoms with E-state index in [2.05, 4.69) is 0 Å². The highest BCUT2D eigenvalue weighted by Crippen LogP contribution is 2.32. The normalized spacial score (nSPS) is 12.6. The summed E-state index contributed by atoms with van der Waals surface area (Å²) in [6, 6.07) is 3.11. The van der Waals surface area contributed by atoms with Crippen LogP contribution >= 0.6 is 0 Å². The van der Waals surface area contributed by atoms with Crippen LogP contribution in [0.4, 0.5) is 8.78 Å². The molecule has 3 nitrogen and oxygen atoms in total. The van der Waals surface area contributed by atoms with Gasteiger partial charge in [-0.25, -0.2) is 8.78 Å².